The van der Waals surface area contributed by atoms with Crippen LogP contribution in [0.25, 0.3) is 0 Å². The Morgan fingerprint density at radius 3 is 1.20 bits per heavy atom. The third kappa shape index (κ3) is 9.01. The maximum atomic E-state index is 5.71. The van der Waals surface area contributed by atoms with Crippen molar-refractivity contribution in [2.24, 2.45) is 0 Å². The Labute approximate surface area is 220 Å². The van der Waals surface area contributed by atoms with Gasteiger partial charge >= 0.3 is 0 Å². The highest BCUT2D eigenvalue weighted by atomic mass is 35.5. The second-order valence-corrected chi connectivity index (χ2v) is 6.95. The number of hydrogen-bond donors (Lipinski definition) is 2. The average molecular weight is 537 g/mol. The largest absolute Gasteiger partial charge is 0.493 e. The Balaban J connectivity index is 0.00000578. The average Bonchev–Trinajstić information content (AvgIpc) is 2.86. The van der Waals surface area contributed by atoms with E-state index in [0.29, 0.717) is 73.9 Å². The standard InChI is InChI=1S/C24H36N2O7.2ClH/c1-27-19-9-7-17(21(29-3)23(19)31-5)15-25-11-13-33-14-12-26-16-18-8-10-20(28-2)24(32-6)22(18)30-4;;/h7-10,25-26H,11-16H2,1-6H3;2*1H. The van der Waals surface area contributed by atoms with E-state index in [1.165, 1.54) is 0 Å². The predicted octanol–water partition coefficient (Wildman–Crippen LogP) is 3.48. The molecule has 0 spiro atoms. The SMILES string of the molecule is COc1ccc(CNCCOCCNCc2ccc(OC)c(OC)c2OC)c(OC)c1OC.Cl.Cl. The van der Waals surface area contributed by atoms with Crippen molar-refractivity contribution in [3.63, 3.8) is 0 Å². The van der Waals surface area contributed by atoms with Crippen molar-refractivity contribution in [1.82, 2.24) is 10.6 Å². The van der Waals surface area contributed by atoms with Gasteiger partial charge in [-0.25, -0.2) is 0 Å². The van der Waals surface area contributed by atoms with E-state index >= 15 is 0 Å². The quantitative estimate of drug-likeness (QED) is 0.313. The molecule has 200 valence electrons. The van der Waals surface area contributed by atoms with Crippen LogP contribution in [0.15, 0.2) is 24.3 Å². The molecule has 0 fully saturated rings. The van der Waals surface area contributed by atoms with Crippen LogP contribution in [0.1, 0.15) is 11.1 Å². The minimum atomic E-state index is 0. The van der Waals surface area contributed by atoms with E-state index in [9.17, 15) is 0 Å². The van der Waals surface area contributed by atoms with Crippen molar-refractivity contribution in [3.05, 3.63) is 35.4 Å². The van der Waals surface area contributed by atoms with Crippen molar-refractivity contribution >= 4 is 24.8 Å². The lowest BCUT2D eigenvalue weighted by molar-refractivity contribution is 0.137. The smallest absolute Gasteiger partial charge is 0.203 e. The van der Waals surface area contributed by atoms with Crippen molar-refractivity contribution < 1.29 is 33.2 Å². The van der Waals surface area contributed by atoms with Crippen molar-refractivity contribution in [2.75, 3.05) is 69.0 Å². The monoisotopic (exact) mass is 536 g/mol. The number of benzene rings is 2. The van der Waals surface area contributed by atoms with Crippen LogP contribution >= 0.6 is 24.8 Å². The van der Waals surface area contributed by atoms with Gasteiger partial charge in [-0.2, -0.15) is 0 Å². The van der Waals surface area contributed by atoms with E-state index in [2.05, 4.69) is 10.6 Å². The molecule has 0 heterocycles. The second kappa shape index (κ2) is 18.0. The molecule has 2 N–H and O–H groups in total. The Bertz CT molecular complexity index is 803. The molecule has 0 saturated heterocycles. The molecule has 35 heavy (non-hydrogen) atoms. The van der Waals surface area contributed by atoms with Gasteiger partial charge < -0.3 is 43.8 Å². The Hall–Kier alpha value is -2.30. The molecule has 0 saturated carbocycles. The summed E-state index contributed by atoms with van der Waals surface area (Å²) in [6, 6.07) is 7.66. The van der Waals surface area contributed by atoms with Crippen LogP contribution in [0.2, 0.25) is 0 Å². The number of halogens is 2. The highest BCUT2D eigenvalue weighted by molar-refractivity contribution is 5.85. The van der Waals surface area contributed by atoms with E-state index < -0.39 is 0 Å². The molecule has 0 unspecified atom stereocenters. The fraction of sp³-hybridized carbons (Fsp3) is 0.500. The number of nitrogens with one attached hydrogen (secondary N) is 2. The molecule has 0 aliphatic heterocycles. The fourth-order valence-corrected chi connectivity index (χ4v) is 3.44. The Kier molecular flexibility index (Phi) is 16.9. The van der Waals surface area contributed by atoms with Crippen LogP contribution in [0.4, 0.5) is 0 Å². The molecule has 0 radical (unpaired) electrons. The molecule has 0 aliphatic rings. The molecule has 2 rings (SSSR count). The molecule has 0 atom stereocenters. The number of rotatable bonds is 16. The molecular weight excluding hydrogens is 499 g/mol. The van der Waals surface area contributed by atoms with Crippen molar-refractivity contribution in [3.8, 4) is 34.5 Å². The first-order valence-electron chi connectivity index (χ1n) is 10.7. The van der Waals surface area contributed by atoms with Gasteiger partial charge in [0.05, 0.1) is 55.9 Å². The first-order valence-corrected chi connectivity index (χ1v) is 10.7. The number of methoxy groups -OCH3 is 6. The van der Waals surface area contributed by atoms with Crippen LogP contribution in [0.3, 0.4) is 0 Å². The van der Waals surface area contributed by atoms with Crippen LogP contribution in [-0.2, 0) is 17.8 Å². The first-order chi connectivity index (χ1) is 16.1. The molecule has 0 bridgehead atoms. The number of hydrogen-bond acceptors (Lipinski definition) is 9. The molecular formula is C24H38Cl2N2O7. The summed E-state index contributed by atoms with van der Waals surface area (Å²) >= 11 is 0. The summed E-state index contributed by atoms with van der Waals surface area (Å²) in [6.45, 7) is 3.87. The maximum absolute atomic E-state index is 5.71. The minimum Gasteiger partial charge on any atom is -0.493 e. The highest BCUT2D eigenvalue weighted by Crippen LogP contribution is 2.40. The third-order valence-electron chi connectivity index (χ3n) is 5.05. The highest BCUT2D eigenvalue weighted by Gasteiger charge is 2.16. The lowest BCUT2D eigenvalue weighted by atomic mass is 10.1. The van der Waals surface area contributed by atoms with E-state index in [-0.39, 0.29) is 24.8 Å². The summed E-state index contributed by atoms with van der Waals surface area (Å²) in [4.78, 5) is 0. The van der Waals surface area contributed by atoms with Crippen molar-refractivity contribution in [1.29, 1.82) is 0 Å². The Morgan fingerprint density at radius 2 is 0.886 bits per heavy atom. The summed E-state index contributed by atoms with van der Waals surface area (Å²) in [5.41, 5.74) is 1.97. The predicted molar refractivity (Wildman–Crippen MR) is 141 cm³/mol. The van der Waals surface area contributed by atoms with E-state index in [0.717, 1.165) is 11.1 Å². The summed E-state index contributed by atoms with van der Waals surface area (Å²) in [5, 5.41) is 6.71. The zero-order valence-electron chi connectivity index (χ0n) is 21.2. The van der Waals surface area contributed by atoms with Gasteiger partial charge in [0.25, 0.3) is 0 Å². The molecule has 2 aromatic carbocycles. The lowest BCUT2D eigenvalue weighted by Crippen LogP contribution is -2.23. The lowest BCUT2D eigenvalue weighted by Gasteiger charge is -2.16. The fourth-order valence-electron chi connectivity index (χ4n) is 3.44. The van der Waals surface area contributed by atoms with E-state index in [4.69, 9.17) is 33.2 Å². The zero-order chi connectivity index (χ0) is 24.1. The molecule has 0 aromatic heterocycles. The maximum Gasteiger partial charge on any atom is 0.203 e. The normalized spacial score (nSPS) is 10.0. The minimum absolute atomic E-state index is 0. The van der Waals surface area contributed by atoms with Crippen LogP contribution in [-0.4, -0.2) is 69.0 Å². The van der Waals surface area contributed by atoms with Crippen molar-refractivity contribution in [2.45, 2.75) is 13.1 Å². The van der Waals surface area contributed by atoms with Gasteiger partial charge in [0, 0.05) is 37.3 Å². The molecule has 0 amide bonds. The van der Waals surface area contributed by atoms with Gasteiger partial charge in [-0.15, -0.1) is 24.8 Å². The van der Waals surface area contributed by atoms with Gasteiger partial charge in [-0.3, -0.25) is 0 Å². The third-order valence-corrected chi connectivity index (χ3v) is 5.05. The van der Waals surface area contributed by atoms with Crippen LogP contribution in [0.5, 0.6) is 34.5 Å². The van der Waals surface area contributed by atoms with Gasteiger partial charge in [0.15, 0.2) is 23.0 Å². The van der Waals surface area contributed by atoms with E-state index in [1.807, 2.05) is 24.3 Å². The van der Waals surface area contributed by atoms with Gasteiger partial charge in [0.2, 0.25) is 11.5 Å². The van der Waals surface area contributed by atoms with Gasteiger partial charge in [-0.1, -0.05) is 12.1 Å². The Morgan fingerprint density at radius 1 is 0.514 bits per heavy atom. The van der Waals surface area contributed by atoms with Crippen LogP contribution < -0.4 is 39.1 Å². The molecule has 2 aromatic rings. The van der Waals surface area contributed by atoms with E-state index in [1.54, 1.807) is 42.7 Å². The number of ether oxygens (including phenoxy) is 7. The summed E-state index contributed by atoms with van der Waals surface area (Å²) in [6.07, 6.45) is 0. The van der Waals surface area contributed by atoms with Gasteiger partial charge in [-0.05, 0) is 12.1 Å². The zero-order valence-corrected chi connectivity index (χ0v) is 22.9. The topological polar surface area (TPSA) is 88.7 Å². The van der Waals surface area contributed by atoms with Crippen LogP contribution in [0, 0.1) is 0 Å². The molecule has 11 heteroatoms. The van der Waals surface area contributed by atoms with Gasteiger partial charge in [0.1, 0.15) is 0 Å². The molecule has 0 aliphatic carbocycles. The summed E-state index contributed by atoms with van der Waals surface area (Å²) in [5.74, 6) is 3.79. The first kappa shape index (κ1) is 32.7. The second-order valence-electron chi connectivity index (χ2n) is 6.95. The summed E-state index contributed by atoms with van der Waals surface area (Å²) < 4.78 is 38.2. The summed E-state index contributed by atoms with van der Waals surface area (Å²) in [7, 11) is 9.64. The molecule has 9 nitrogen and oxygen atoms in total.